The van der Waals surface area contributed by atoms with Gasteiger partial charge in [-0.05, 0) is 42.5 Å². The van der Waals surface area contributed by atoms with Gasteiger partial charge in [0.2, 0.25) is 0 Å². The van der Waals surface area contributed by atoms with Crippen LogP contribution < -0.4 is 16.0 Å². The summed E-state index contributed by atoms with van der Waals surface area (Å²) in [5.74, 6) is 0.802. The lowest BCUT2D eigenvalue weighted by molar-refractivity contribution is 0.187. The molecular weight excluding hydrogens is 336 g/mol. The normalized spacial score (nSPS) is 11.0. The highest BCUT2D eigenvalue weighted by atomic mass is 32.1. The molecule has 0 bridgehead atoms. The first kappa shape index (κ1) is 18.8. The van der Waals surface area contributed by atoms with E-state index in [9.17, 15) is 4.79 Å². The molecule has 0 aliphatic rings. The maximum absolute atomic E-state index is 11.2. The SMILES string of the molecule is CCNC(=NCc1ccc(NC(=O)OC)cc1)NCCc1cccs1. The molecule has 1 aromatic carbocycles. The predicted molar refractivity (Wildman–Crippen MR) is 103 cm³/mol. The van der Waals surface area contributed by atoms with Gasteiger partial charge in [-0.3, -0.25) is 5.32 Å². The van der Waals surface area contributed by atoms with Gasteiger partial charge in [-0.2, -0.15) is 0 Å². The fraction of sp³-hybridized carbons (Fsp3) is 0.333. The number of anilines is 1. The molecule has 0 atom stereocenters. The Bertz CT molecular complexity index is 669. The zero-order chi connectivity index (χ0) is 17.9. The van der Waals surface area contributed by atoms with Crippen LogP contribution in [0.1, 0.15) is 17.4 Å². The number of hydrogen-bond donors (Lipinski definition) is 3. The number of nitrogens with one attached hydrogen (secondary N) is 3. The minimum atomic E-state index is -0.477. The van der Waals surface area contributed by atoms with Gasteiger partial charge in [0.15, 0.2) is 5.96 Å². The molecule has 3 N–H and O–H groups in total. The summed E-state index contributed by atoms with van der Waals surface area (Å²) >= 11 is 1.77. The Labute approximate surface area is 152 Å². The molecule has 25 heavy (non-hydrogen) atoms. The molecule has 0 radical (unpaired) electrons. The second-order valence-corrected chi connectivity index (χ2v) is 6.30. The molecule has 0 spiro atoms. The number of carbonyl (C=O) groups is 1. The van der Waals surface area contributed by atoms with E-state index >= 15 is 0 Å². The maximum Gasteiger partial charge on any atom is 0.411 e. The van der Waals surface area contributed by atoms with Crippen molar-refractivity contribution >= 4 is 29.1 Å². The number of benzene rings is 1. The third-order valence-electron chi connectivity index (χ3n) is 3.39. The number of aliphatic imine (C=N–C) groups is 1. The van der Waals surface area contributed by atoms with Gasteiger partial charge in [0.25, 0.3) is 0 Å². The van der Waals surface area contributed by atoms with E-state index in [-0.39, 0.29) is 0 Å². The van der Waals surface area contributed by atoms with Crippen molar-refractivity contribution in [3.63, 3.8) is 0 Å². The first-order valence-electron chi connectivity index (χ1n) is 8.19. The van der Waals surface area contributed by atoms with Crippen molar-refractivity contribution in [1.82, 2.24) is 10.6 Å². The molecule has 134 valence electrons. The van der Waals surface area contributed by atoms with E-state index in [1.54, 1.807) is 11.3 Å². The number of rotatable bonds is 7. The van der Waals surface area contributed by atoms with Crippen LogP contribution in [-0.2, 0) is 17.7 Å². The molecule has 0 saturated carbocycles. The van der Waals surface area contributed by atoms with Gasteiger partial charge < -0.3 is 15.4 Å². The highest BCUT2D eigenvalue weighted by Gasteiger charge is 2.01. The molecule has 0 fully saturated rings. The third-order valence-corrected chi connectivity index (χ3v) is 4.33. The zero-order valence-corrected chi connectivity index (χ0v) is 15.4. The molecule has 7 heteroatoms. The van der Waals surface area contributed by atoms with E-state index in [2.05, 4.69) is 43.2 Å². The van der Waals surface area contributed by atoms with Crippen LogP contribution in [-0.4, -0.2) is 32.3 Å². The molecule has 0 aliphatic carbocycles. The van der Waals surface area contributed by atoms with E-state index in [1.807, 2.05) is 31.2 Å². The Kier molecular flexibility index (Phi) is 7.78. The van der Waals surface area contributed by atoms with E-state index in [0.717, 1.165) is 31.0 Å². The van der Waals surface area contributed by atoms with Crippen LogP contribution in [0.25, 0.3) is 0 Å². The van der Waals surface area contributed by atoms with Gasteiger partial charge in [-0.15, -0.1) is 11.3 Å². The number of guanidine groups is 1. The zero-order valence-electron chi connectivity index (χ0n) is 14.5. The maximum atomic E-state index is 11.2. The summed E-state index contributed by atoms with van der Waals surface area (Å²) in [4.78, 5) is 17.1. The van der Waals surface area contributed by atoms with Crippen molar-refractivity contribution < 1.29 is 9.53 Å². The van der Waals surface area contributed by atoms with Crippen LogP contribution in [0, 0.1) is 0 Å². The summed E-state index contributed by atoms with van der Waals surface area (Å²) in [6.45, 7) is 4.26. The van der Waals surface area contributed by atoms with Crippen LogP contribution >= 0.6 is 11.3 Å². The van der Waals surface area contributed by atoms with E-state index in [0.29, 0.717) is 12.2 Å². The van der Waals surface area contributed by atoms with Gasteiger partial charge in [-0.1, -0.05) is 18.2 Å². The van der Waals surface area contributed by atoms with Crippen LogP contribution in [0.2, 0.25) is 0 Å². The Balaban J connectivity index is 1.85. The number of hydrogen-bond acceptors (Lipinski definition) is 4. The molecule has 6 nitrogen and oxygen atoms in total. The van der Waals surface area contributed by atoms with Crippen LogP contribution in [0.5, 0.6) is 0 Å². The first-order chi connectivity index (χ1) is 12.2. The minimum absolute atomic E-state index is 0.477. The molecule has 1 heterocycles. The molecule has 1 amide bonds. The lowest BCUT2D eigenvalue weighted by Gasteiger charge is -2.11. The van der Waals surface area contributed by atoms with Gasteiger partial charge >= 0.3 is 6.09 Å². The first-order valence-corrected chi connectivity index (χ1v) is 9.07. The van der Waals surface area contributed by atoms with Crippen molar-refractivity contribution in [3.8, 4) is 0 Å². The average molecular weight is 360 g/mol. The van der Waals surface area contributed by atoms with Crippen molar-refractivity contribution in [3.05, 3.63) is 52.2 Å². The molecule has 2 aromatic rings. The lowest BCUT2D eigenvalue weighted by atomic mass is 10.2. The predicted octanol–water partition coefficient (Wildman–Crippen LogP) is 3.22. The van der Waals surface area contributed by atoms with E-state index in [4.69, 9.17) is 0 Å². The Hall–Kier alpha value is -2.54. The second kappa shape index (κ2) is 10.4. The number of nitrogens with zero attached hydrogens (tertiary/aromatic N) is 1. The summed E-state index contributed by atoms with van der Waals surface area (Å²) < 4.78 is 4.57. The van der Waals surface area contributed by atoms with Crippen molar-refractivity contribution in [2.45, 2.75) is 19.9 Å². The van der Waals surface area contributed by atoms with Crippen molar-refractivity contribution in [2.75, 3.05) is 25.5 Å². The number of ether oxygens (including phenoxy) is 1. The Morgan fingerprint density at radius 2 is 2.00 bits per heavy atom. The highest BCUT2D eigenvalue weighted by Crippen LogP contribution is 2.11. The number of carbonyl (C=O) groups excluding carboxylic acids is 1. The smallest absolute Gasteiger partial charge is 0.411 e. The lowest BCUT2D eigenvalue weighted by Crippen LogP contribution is -2.38. The highest BCUT2D eigenvalue weighted by molar-refractivity contribution is 7.09. The molecule has 2 rings (SSSR count). The van der Waals surface area contributed by atoms with Gasteiger partial charge in [0.1, 0.15) is 0 Å². The van der Waals surface area contributed by atoms with Crippen LogP contribution in [0.15, 0.2) is 46.8 Å². The summed E-state index contributed by atoms with van der Waals surface area (Å²) in [5, 5.41) is 11.3. The van der Waals surface area contributed by atoms with Crippen LogP contribution in [0.4, 0.5) is 10.5 Å². The summed E-state index contributed by atoms with van der Waals surface area (Å²) in [6, 6.07) is 11.7. The average Bonchev–Trinajstić information content (AvgIpc) is 3.14. The van der Waals surface area contributed by atoms with Crippen LogP contribution in [0.3, 0.4) is 0 Å². The summed E-state index contributed by atoms with van der Waals surface area (Å²) in [6.07, 6.45) is 0.505. The number of methoxy groups -OCH3 is 1. The minimum Gasteiger partial charge on any atom is -0.453 e. The van der Waals surface area contributed by atoms with Gasteiger partial charge in [-0.25, -0.2) is 9.79 Å². The molecule has 0 saturated heterocycles. The largest absolute Gasteiger partial charge is 0.453 e. The van der Waals surface area contributed by atoms with Gasteiger partial charge in [0.05, 0.1) is 13.7 Å². The molecular formula is C18H24N4O2S. The fourth-order valence-electron chi connectivity index (χ4n) is 2.13. The van der Waals surface area contributed by atoms with Crippen molar-refractivity contribution in [2.24, 2.45) is 4.99 Å². The van der Waals surface area contributed by atoms with E-state index < -0.39 is 6.09 Å². The Morgan fingerprint density at radius 3 is 2.64 bits per heavy atom. The monoisotopic (exact) mass is 360 g/mol. The Morgan fingerprint density at radius 1 is 1.20 bits per heavy atom. The molecule has 1 aromatic heterocycles. The fourth-order valence-corrected chi connectivity index (χ4v) is 2.84. The topological polar surface area (TPSA) is 74.8 Å². The third kappa shape index (κ3) is 6.84. The second-order valence-electron chi connectivity index (χ2n) is 5.26. The molecule has 0 unspecified atom stereocenters. The van der Waals surface area contributed by atoms with E-state index in [1.165, 1.54) is 12.0 Å². The standard InChI is InChI=1S/C18H24N4O2S/c1-3-19-17(20-11-10-16-5-4-12-25-16)21-13-14-6-8-15(9-7-14)22-18(23)24-2/h4-9,12H,3,10-11,13H2,1-2H3,(H,22,23)(H2,19,20,21). The quantitative estimate of drug-likeness (QED) is 0.523. The molecule has 0 aliphatic heterocycles. The van der Waals surface area contributed by atoms with Crippen molar-refractivity contribution in [1.29, 1.82) is 0 Å². The number of thiophene rings is 1. The number of amides is 1. The van der Waals surface area contributed by atoms with Gasteiger partial charge in [0, 0.05) is 23.7 Å². The summed E-state index contributed by atoms with van der Waals surface area (Å²) in [7, 11) is 1.34. The summed E-state index contributed by atoms with van der Waals surface area (Å²) in [5.41, 5.74) is 1.76.